The molecule has 10 unspecified atom stereocenters. The first-order valence-electron chi connectivity index (χ1n) is 22.4. The van der Waals surface area contributed by atoms with E-state index in [0.29, 0.717) is 23.9 Å². The van der Waals surface area contributed by atoms with Crippen molar-refractivity contribution in [1.29, 1.82) is 0 Å². The Bertz CT molecular complexity index is 1360. The molecule has 4 aliphatic carbocycles. The fraction of sp³-hybridized carbons (Fsp3) is 0.736. The number of hydrogen-bond acceptors (Lipinski definition) is 1. The summed E-state index contributed by atoms with van der Waals surface area (Å²) in [6.45, 7) is 35.7. The van der Waals surface area contributed by atoms with E-state index < -0.39 is 20.8 Å². The quantitative estimate of drug-likeness (QED) is 0.272. The Morgan fingerprint density at radius 3 is 1.53 bits per heavy atom. The van der Waals surface area contributed by atoms with Crippen LogP contribution in [0.25, 0.3) is 0 Å². The van der Waals surface area contributed by atoms with Gasteiger partial charge in [0.1, 0.15) is 0 Å². The van der Waals surface area contributed by atoms with Crippen LogP contribution in [0.4, 0.5) is 0 Å². The third-order valence-electron chi connectivity index (χ3n) is 13.4. The van der Waals surface area contributed by atoms with Crippen molar-refractivity contribution in [3.05, 3.63) is 85.6 Å². The summed E-state index contributed by atoms with van der Waals surface area (Å²) in [6, 6.07) is 19.2. The fourth-order valence-corrected chi connectivity index (χ4v) is 10.8. The molecule has 1 nitrogen and oxygen atoms in total. The van der Waals surface area contributed by atoms with Crippen LogP contribution < -0.4 is 0 Å². The molecule has 0 N–H and O–H groups in total. The van der Waals surface area contributed by atoms with Crippen LogP contribution in [0.3, 0.4) is 0 Å². The van der Waals surface area contributed by atoms with Crippen molar-refractivity contribution in [3.8, 4) is 0 Å². The van der Waals surface area contributed by atoms with Crippen LogP contribution >= 0.6 is 17.0 Å². The topological polar surface area (TPSA) is 9.23 Å². The predicted molar refractivity (Wildman–Crippen MR) is 253 cm³/mol. The van der Waals surface area contributed by atoms with Gasteiger partial charge in [-0.3, -0.25) is 0 Å². The molecular formula is C53H90Cl2OZr. The molecule has 0 saturated heterocycles. The zero-order valence-corrected chi connectivity index (χ0v) is 44.2. The molecule has 0 spiro atoms. The van der Waals surface area contributed by atoms with E-state index in [0.717, 1.165) is 48.0 Å². The number of benzene rings is 2. The first-order chi connectivity index (χ1) is 25.7. The number of fused-ring (bicyclic) bond motifs is 2. The van der Waals surface area contributed by atoms with Gasteiger partial charge < -0.3 is 19.6 Å². The molecule has 326 valence electrons. The number of ether oxygens (including phenoxy) is 1. The van der Waals surface area contributed by atoms with Crippen molar-refractivity contribution in [2.75, 3.05) is 6.61 Å². The van der Waals surface area contributed by atoms with Gasteiger partial charge in [-0.05, 0) is 130 Å². The summed E-state index contributed by atoms with van der Waals surface area (Å²) < 4.78 is 6.79. The van der Waals surface area contributed by atoms with Crippen LogP contribution in [0.15, 0.2) is 48.5 Å². The molecule has 0 bridgehead atoms. The maximum absolute atomic E-state index is 6.79. The average molecular weight is 905 g/mol. The Hall–Kier alpha value is -0.137. The van der Waals surface area contributed by atoms with E-state index in [1.54, 1.807) is 5.56 Å². The summed E-state index contributed by atoms with van der Waals surface area (Å²) in [5.41, 5.74) is 6.79. The minimum atomic E-state index is -0.826. The Labute approximate surface area is 375 Å². The first-order valence-corrected chi connectivity index (χ1v) is 28.8. The molecule has 0 heterocycles. The van der Waals surface area contributed by atoms with Gasteiger partial charge in [-0.1, -0.05) is 172 Å². The zero-order chi connectivity index (χ0) is 41.3. The average Bonchev–Trinajstić information content (AvgIpc) is 3.67. The van der Waals surface area contributed by atoms with Crippen molar-refractivity contribution < 1.29 is 25.6 Å². The normalized spacial score (nSPS) is 29.3. The fourth-order valence-electron chi connectivity index (χ4n) is 10.8. The molecule has 6 rings (SSSR count). The van der Waals surface area contributed by atoms with Crippen LogP contribution in [-0.4, -0.2) is 12.7 Å². The summed E-state index contributed by atoms with van der Waals surface area (Å²) in [4.78, 5) is 0. The third kappa shape index (κ3) is 15.9. The van der Waals surface area contributed by atoms with Crippen molar-refractivity contribution >= 4 is 17.0 Å². The Balaban J connectivity index is 0.000000506. The van der Waals surface area contributed by atoms with Gasteiger partial charge in [0, 0.05) is 12.5 Å². The number of hydrogen-bond donors (Lipinski definition) is 0. The van der Waals surface area contributed by atoms with E-state index in [1.165, 1.54) is 74.5 Å². The van der Waals surface area contributed by atoms with Crippen molar-refractivity contribution in [1.82, 2.24) is 0 Å². The number of rotatable bonds is 5. The molecule has 2 aromatic rings. The predicted octanol–water partition coefficient (Wildman–Crippen LogP) is 17.4. The van der Waals surface area contributed by atoms with Crippen molar-refractivity contribution in [3.63, 3.8) is 0 Å². The SMILES string of the molecule is CC(C)COC1C(c2ccc(C(C)(C)C)cc2)C2CC(C)CC2CC1C(C)(C)C.CC1CC2CCCC(c3ccc(C(C)(C)C)cc3)C2C1.CCC.[CH3-].[CH3-].[Cl][Zr+2][Cl]. The first kappa shape index (κ1) is 54.9. The van der Waals surface area contributed by atoms with Crippen LogP contribution in [0.5, 0.6) is 0 Å². The van der Waals surface area contributed by atoms with Gasteiger partial charge in [-0.15, -0.1) is 0 Å². The minimum absolute atomic E-state index is 0. The van der Waals surface area contributed by atoms with Crippen molar-refractivity contribution in [2.24, 2.45) is 52.8 Å². The van der Waals surface area contributed by atoms with Crippen LogP contribution in [0.1, 0.15) is 196 Å². The second-order valence-electron chi connectivity index (χ2n) is 22.0. The maximum atomic E-state index is 6.79. The van der Waals surface area contributed by atoms with Crippen LogP contribution in [0.2, 0.25) is 0 Å². The molecule has 0 aliphatic heterocycles. The Morgan fingerprint density at radius 2 is 1.09 bits per heavy atom. The van der Waals surface area contributed by atoms with Gasteiger partial charge in [0.25, 0.3) is 0 Å². The molecular weight excluding hydrogens is 815 g/mol. The summed E-state index contributed by atoms with van der Waals surface area (Å²) in [7, 11) is 9.87. The zero-order valence-electron chi connectivity index (χ0n) is 40.2. The molecule has 57 heavy (non-hydrogen) atoms. The molecule has 4 heteroatoms. The Kier molecular flexibility index (Phi) is 23.6. The molecule has 4 aliphatic rings. The van der Waals surface area contributed by atoms with Crippen LogP contribution in [-0.2, 0) is 36.4 Å². The van der Waals surface area contributed by atoms with E-state index in [4.69, 9.17) is 21.8 Å². The van der Waals surface area contributed by atoms with E-state index in [-0.39, 0.29) is 31.1 Å². The van der Waals surface area contributed by atoms with Gasteiger partial charge in [0.15, 0.2) is 0 Å². The van der Waals surface area contributed by atoms with Gasteiger partial charge in [0.05, 0.1) is 6.10 Å². The Morgan fingerprint density at radius 1 is 0.649 bits per heavy atom. The summed E-state index contributed by atoms with van der Waals surface area (Å²) in [5, 5.41) is 0. The summed E-state index contributed by atoms with van der Waals surface area (Å²) in [5.74, 6) is 8.03. The van der Waals surface area contributed by atoms with Crippen LogP contribution in [0, 0.1) is 67.6 Å². The van der Waals surface area contributed by atoms with Gasteiger partial charge in [0.2, 0.25) is 0 Å². The molecule has 0 amide bonds. The second kappa shape index (κ2) is 24.5. The standard InChI is InChI=1S/C28H46O.C20H30.C3H8.2CH3.2ClH.Zr/c1-18(2)17-29-26-24(28(7,8)9)16-21-14-19(3)15-23(21)25(26)20-10-12-22(13-11-20)27(4,5)6;1-14-12-16-6-5-7-18(19(16)13-14)15-8-10-17(11-9-15)20(2,3)4;1-3-2;;;;;/h10-13,18-19,21,23-26H,14-17H2,1-9H3;8-11,14,16,18-19H,5-7,12-13H2,1-4H3;3H2,1-2H3;2*1H3;2*1H;/q;;;2*-1;;;+4/p-2. The van der Waals surface area contributed by atoms with Gasteiger partial charge >= 0.3 is 37.9 Å². The molecule has 4 saturated carbocycles. The van der Waals surface area contributed by atoms with E-state index in [1.807, 2.05) is 0 Å². The molecule has 2 aromatic carbocycles. The van der Waals surface area contributed by atoms with E-state index in [2.05, 4.69) is 152 Å². The number of halogens is 2. The van der Waals surface area contributed by atoms with E-state index >= 15 is 0 Å². The molecule has 0 aromatic heterocycles. The third-order valence-corrected chi connectivity index (χ3v) is 13.4. The molecule has 10 atom stereocenters. The van der Waals surface area contributed by atoms with Gasteiger partial charge in [-0.25, -0.2) is 0 Å². The molecule has 4 fully saturated rings. The summed E-state index contributed by atoms with van der Waals surface area (Å²) in [6.07, 6.45) is 13.0. The second-order valence-corrected chi connectivity index (χ2v) is 25.7. The van der Waals surface area contributed by atoms with E-state index in [9.17, 15) is 0 Å². The monoisotopic (exact) mass is 903 g/mol. The van der Waals surface area contributed by atoms with Crippen molar-refractivity contribution in [2.45, 2.75) is 190 Å². The van der Waals surface area contributed by atoms with Gasteiger partial charge in [-0.2, -0.15) is 0 Å². The summed E-state index contributed by atoms with van der Waals surface area (Å²) >= 11 is -0.826. The molecule has 0 radical (unpaired) electrons.